The highest BCUT2D eigenvalue weighted by Crippen LogP contribution is 2.39. The van der Waals surface area contributed by atoms with Crippen LogP contribution in [0.25, 0.3) is 16.4 Å². The molecular weight excluding hydrogens is 489 g/mol. The summed E-state index contributed by atoms with van der Waals surface area (Å²) in [4.78, 5) is 3.18. The molecule has 1 N–H and O–H groups in total. The number of aromatic nitrogens is 3. The Labute approximate surface area is 176 Å². The van der Waals surface area contributed by atoms with Crippen molar-refractivity contribution in [1.29, 1.82) is 5.41 Å². The highest BCUT2D eigenvalue weighted by atomic mass is 35.5. The van der Waals surface area contributed by atoms with Crippen molar-refractivity contribution in [3.63, 3.8) is 0 Å². The Bertz CT molecular complexity index is 1150. The number of hydrogen-bond donors (Lipinski definition) is 1. The van der Waals surface area contributed by atoms with E-state index in [9.17, 15) is 26.3 Å². The minimum atomic E-state index is -4.88. The molecule has 2 aromatic heterocycles. The smallest absolute Gasteiger partial charge is 0.273 e. The maximum absolute atomic E-state index is 13.4. The van der Waals surface area contributed by atoms with Crippen LogP contribution in [0.5, 0.6) is 0 Å². The van der Waals surface area contributed by atoms with E-state index in [0.29, 0.717) is 34.2 Å². The molecular formula is C15H5Cl3F6N4S. The molecule has 0 bridgehead atoms. The summed E-state index contributed by atoms with van der Waals surface area (Å²) in [5, 5.41) is 10.2. The van der Waals surface area contributed by atoms with E-state index >= 15 is 0 Å². The molecule has 0 saturated heterocycles. The number of halogens is 9. The summed E-state index contributed by atoms with van der Waals surface area (Å²) in [5.74, 6) is 0. The Kier molecular flexibility index (Phi) is 5.63. The monoisotopic (exact) mass is 492 g/mol. The van der Waals surface area contributed by atoms with E-state index in [4.69, 9.17) is 40.2 Å². The molecule has 0 unspecified atom stereocenters. The summed E-state index contributed by atoms with van der Waals surface area (Å²) >= 11 is 17.7. The fourth-order valence-corrected chi connectivity index (χ4v) is 3.83. The van der Waals surface area contributed by atoms with Gasteiger partial charge in [0.05, 0.1) is 21.8 Å². The van der Waals surface area contributed by atoms with Crippen LogP contribution >= 0.6 is 46.1 Å². The van der Waals surface area contributed by atoms with Crippen molar-refractivity contribution in [2.75, 3.05) is 0 Å². The maximum Gasteiger partial charge on any atom is 0.418 e. The highest BCUT2D eigenvalue weighted by molar-refractivity contribution is 7.12. The lowest BCUT2D eigenvalue weighted by atomic mass is 10.1. The van der Waals surface area contributed by atoms with E-state index in [2.05, 4.69) is 10.1 Å². The second-order valence-corrected chi connectivity index (χ2v) is 7.68. The number of rotatable bonds is 2. The average molecular weight is 494 g/mol. The third-order valence-electron chi connectivity index (χ3n) is 3.46. The van der Waals surface area contributed by atoms with Crippen molar-refractivity contribution in [1.82, 2.24) is 14.8 Å². The van der Waals surface area contributed by atoms with Crippen LogP contribution < -0.4 is 4.80 Å². The SMILES string of the molecule is N=c1sc(-c2cc(C(F)(F)F)cc(Cl)n2)nn1-c1c(Cl)cc(Cl)cc1C(F)(F)F. The van der Waals surface area contributed by atoms with Gasteiger partial charge in [0.15, 0.2) is 5.01 Å². The standard InChI is InChI=1S/C15H5Cl3F6N4S/c16-6-3-7(15(22,23)24)11(8(17)4-6)28-13(25)29-12(27-28)9-1-5(14(19,20)21)2-10(18)26-9/h1-4,25H. The van der Waals surface area contributed by atoms with Gasteiger partial charge in [-0.15, -0.1) is 0 Å². The van der Waals surface area contributed by atoms with Gasteiger partial charge >= 0.3 is 12.4 Å². The molecule has 0 aliphatic carbocycles. The first-order valence-corrected chi connectivity index (χ1v) is 9.19. The third-order valence-corrected chi connectivity index (χ3v) is 5.01. The van der Waals surface area contributed by atoms with Crippen LogP contribution in [-0.4, -0.2) is 14.8 Å². The van der Waals surface area contributed by atoms with Gasteiger partial charge in [0.2, 0.25) is 4.80 Å². The van der Waals surface area contributed by atoms with E-state index in [-0.39, 0.29) is 15.7 Å². The fraction of sp³-hybridized carbons (Fsp3) is 0.133. The van der Waals surface area contributed by atoms with E-state index in [1.54, 1.807) is 0 Å². The Balaban J connectivity index is 2.23. The second kappa shape index (κ2) is 7.46. The summed E-state index contributed by atoms with van der Waals surface area (Å²) in [6.07, 6.45) is -9.62. The van der Waals surface area contributed by atoms with Crippen molar-refractivity contribution in [2.45, 2.75) is 12.4 Å². The summed E-state index contributed by atoms with van der Waals surface area (Å²) < 4.78 is 79.8. The van der Waals surface area contributed by atoms with Crippen molar-refractivity contribution in [3.05, 3.63) is 55.4 Å². The van der Waals surface area contributed by atoms with Crippen LogP contribution in [-0.2, 0) is 12.4 Å². The zero-order valence-corrected chi connectivity index (χ0v) is 16.5. The molecule has 29 heavy (non-hydrogen) atoms. The number of benzene rings is 1. The van der Waals surface area contributed by atoms with Gasteiger partial charge in [-0.1, -0.05) is 46.1 Å². The van der Waals surface area contributed by atoms with Crippen molar-refractivity contribution in [3.8, 4) is 16.4 Å². The first kappa shape index (κ1) is 21.9. The van der Waals surface area contributed by atoms with Crippen LogP contribution in [0.1, 0.15) is 11.1 Å². The second-order valence-electron chi connectivity index (χ2n) is 5.47. The molecule has 0 aliphatic heterocycles. The van der Waals surface area contributed by atoms with Crippen molar-refractivity contribution < 1.29 is 26.3 Å². The first-order chi connectivity index (χ1) is 13.3. The molecule has 3 rings (SSSR count). The van der Waals surface area contributed by atoms with Gasteiger partial charge in [0, 0.05) is 5.02 Å². The molecule has 0 aliphatic rings. The zero-order chi connectivity index (χ0) is 21.7. The Morgan fingerprint density at radius 2 is 1.59 bits per heavy atom. The lowest BCUT2D eigenvalue weighted by Gasteiger charge is -2.14. The van der Waals surface area contributed by atoms with Gasteiger partial charge in [-0.25, -0.2) is 9.67 Å². The number of nitrogens with one attached hydrogen (secondary N) is 1. The Hall–Kier alpha value is -1.82. The van der Waals surface area contributed by atoms with E-state index < -0.39 is 44.1 Å². The average Bonchev–Trinajstić information content (AvgIpc) is 2.93. The van der Waals surface area contributed by atoms with Crippen molar-refractivity contribution in [2.24, 2.45) is 0 Å². The minimum Gasteiger partial charge on any atom is -0.273 e. The summed E-state index contributed by atoms with van der Waals surface area (Å²) in [6.45, 7) is 0. The molecule has 4 nitrogen and oxygen atoms in total. The molecule has 0 fully saturated rings. The molecule has 3 aromatic rings. The Morgan fingerprint density at radius 1 is 0.931 bits per heavy atom. The number of nitrogens with zero attached hydrogens (tertiary/aromatic N) is 3. The number of pyridine rings is 1. The van der Waals surface area contributed by atoms with Gasteiger partial charge in [-0.2, -0.15) is 31.4 Å². The normalized spacial score (nSPS) is 12.4. The fourth-order valence-electron chi connectivity index (χ4n) is 2.31. The van der Waals surface area contributed by atoms with Gasteiger partial charge in [-0.05, 0) is 24.3 Å². The van der Waals surface area contributed by atoms with Crippen molar-refractivity contribution >= 4 is 46.1 Å². The molecule has 14 heteroatoms. The molecule has 0 radical (unpaired) electrons. The van der Waals surface area contributed by atoms with Crippen LogP contribution in [0.15, 0.2) is 24.3 Å². The van der Waals surface area contributed by atoms with E-state index in [0.717, 1.165) is 6.07 Å². The number of alkyl halides is 6. The third kappa shape index (κ3) is 4.52. The molecule has 0 spiro atoms. The Morgan fingerprint density at radius 3 is 2.17 bits per heavy atom. The largest absolute Gasteiger partial charge is 0.418 e. The van der Waals surface area contributed by atoms with Crippen LogP contribution in [0, 0.1) is 5.41 Å². The first-order valence-electron chi connectivity index (χ1n) is 7.24. The molecule has 1 aromatic carbocycles. The molecule has 0 atom stereocenters. The van der Waals surface area contributed by atoms with Crippen LogP contribution in [0.4, 0.5) is 26.3 Å². The number of hydrogen-bond acceptors (Lipinski definition) is 4. The van der Waals surface area contributed by atoms with Crippen LogP contribution in [0.3, 0.4) is 0 Å². The molecule has 0 saturated carbocycles. The maximum atomic E-state index is 13.4. The van der Waals surface area contributed by atoms with Crippen LogP contribution in [0.2, 0.25) is 15.2 Å². The van der Waals surface area contributed by atoms with Gasteiger partial charge < -0.3 is 0 Å². The predicted octanol–water partition coefficient (Wildman–Crippen LogP) is 6.47. The predicted molar refractivity (Wildman–Crippen MR) is 95.6 cm³/mol. The quantitative estimate of drug-likeness (QED) is 0.328. The molecule has 0 amide bonds. The summed E-state index contributed by atoms with van der Waals surface area (Å²) in [6, 6.07) is 2.85. The lowest BCUT2D eigenvalue weighted by Crippen LogP contribution is -2.19. The highest BCUT2D eigenvalue weighted by Gasteiger charge is 2.37. The van der Waals surface area contributed by atoms with E-state index in [1.807, 2.05) is 0 Å². The van der Waals surface area contributed by atoms with Gasteiger partial charge in [0.1, 0.15) is 10.8 Å². The minimum absolute atomic E-state index is 0.262. The summed E-state index contributed by atoms with van der Waals surface area (Å²) in [7, 11) is 0. The molecule has 154 valence electrons. The van der Waals surface area contributed by atoms with Gasteiger partial charge in [0.25, 0.3) is 0 Å². The van der Waals surface area contributed by atoms with E-state index in [1.165, 1.54) is 0 Å². The zero-order valence-electron chi connectivity index (χ0n) is 13.5. The summed E-state index contributed by atoms with van der Waals surface area (Å²) in [5.41, 5.74) is -3.43. The topological polar surface area (TPSA) is 54.6 Å². The lowest BCUT2D eigenvalue weighted by molar-refractivity contribution is -0.138. The molecule has 2 heterocycles. The van der Waals surface area contributed by atoms with Gasteiger partial charge in [-0.3, -0.25) is 5.41 Å².